The third-order valence-corrected chi connectivity index (χ3v) is 4.48. The molecule has 25 heavy (non-hydrogen) atoms. The van der Waals surface area contributed by atoms with Crippen molar-refractivity contribution in [2.75, 3.05) is 0 Å². The average molecular weight is 336 g/mol. The van der Waals surface area contributed by atoms with E-state index < -0.39 is 0 Å². The summed E-state index contributed by atoms with van der Waals surface area (Å²) in [6.07, 6.45) is 7.34. The highest BCUT2D eigenvalue weighted by atomic mass is 16.1. The van der Waals surface area contributed by atoms with Gasteiger partial charge in [-0.1, -0.05) is 6.07 Å². The maximum Gasteiger partial charge on any atom is 0.251 e. The number of aromatic nitrogens is 5. The van der Waals surface area contributed by atoms with Crippen molar-refractivity contribution in [2.45, 2.75) is 32.4 Å². The number of rotatable bonds is 6. The number of nitrogens with zero attached hydrogens (tertiary/aromatic N) is 5. The molecule has 1 aliphatic carbocycles. The molecule has 0 bridgehead atoms. The van der Waals surface area contributed by atoms with Gasteiger partial charge in [-0.25, -0.2) is 14.3 Å². The number of carbonyl (C=O) groups is 1. The first kappa shape index (κ1) is 15.6. The predicted molar refractivity (Wildman–Crippen MR) is 92.2 cm³/mol. The Hall–Kier alpha value is -2.96. The topological polar surface area (TPSA) is 77.6 Å². The number of aryl methyl sites for hydroxylation is 1. The van der Waals surface area contributed by atoms with Crippen LogP contribution in [0, 0.1) is 5.92 Å². The summed E-state index contributed by atoms with van der Waals surface area (Å²) in [6, 6.07) is 9.21. The summed E-state index contributed by atoms with van der Waals surface area (Å²) in [7, 11) is 0. The van der Waals surface area contributed by atoms with Gasteiger partial charge in [-0.05, 0) is 49.9 Å². The second kappa shape index (κ2) is 6.51. The standard InChI is InChI=1S/C18H20N6O/c1-2-23-17(19-12-21-23)16(13-7-8-13)22-18(25)14-5-3-6-15(11-14)24-10-4-9-20-24/h3-6,9-13,16H,2,7-8H2,1H3,(H,22,25). The van der Waals surface area contributed by atoms with E-state index in [2.05, 4.69) is 20.5 Å². The molecule has 1 amide bonds. The molecule has 1 N–H and O–H groups in total. The van der Waals surface area contributed by atoms with Crippen LogP contribution in [-0.4, -0.2) is 30.5 Å². The first-order chi connectivity index (χ1) is 12.3. The zero-order chi connectivity index (χ0) is 17.2. The Kier molecular flexibility index (Phi) is 4.05. The summed E-state index contributed by atoms with van der Waals surface area (Å²) in [5, 5.41) is 11.6. The van der Waals surface area contributed by atoms with E-state index in [1.165, 1.54) is 0 Å². The summed E-state index contributed by atoms with van der Waals surface area (Å²) in [4.78, 5) is 17.2. The normalized spacial score (nSPS) is 15.1. The van der Waals surface area contributed by atoms with Crippen molar-refractivity contribution in [3.63, 3.8) is 0 Å². The quantitative estimate of drug-likeness (QED) is 0.749. The van der Waals surface area contributed by atoms with Crippen LogP contribution in [0.1, 0.15) is 42.0 Å². The Morgan fingerprint density at radius 2 is 2.20 bits per heavy atom. The number of amides is 1. The van der Waals surface area contributed by atoms with Crippen molar-refractivity contribution >= 4 is 5.91 Å². The van der Waals surface area contributed by atoms with Gasteiger partial charge in [-0.15, -0.1) is 0 Å². The van der Waals surface area contributed by atoms with E-state index in [0.29, 0.717) is 11.5 Å². The second-order valence-electron chi connectivity index (χ2n) is 6.22. The van der Waals surface area contributed by atoms with Crippen LogP contribution in [-0.2, 0) is 6.54 Å². The van der Waals surface area contributed by atoms with Crippen LogP contribution >= 0.6 is 0 Å². The number of hydrogen-bond acceptors (Lipinski definition) is 4. The summed E-state index contributed by atoms with van der Waals surface area (Å²) in [5.41, 5.74) is 1.47. The van der Waals surface area contributed by atoms with E-state index in [-0.39, 0.29) is 11.9 Å². The Bertz CT molecular complexity index is 865. The average Bonchev–Trinajstić information content (AvgIpc) is 3.13. The fourth-order valence-electron chi connectivity index (χ4n) is 3.02. The van der Waals surface area contributed by atoms with E-state index in [1.807, 2.05) is 48.1 Å². The van der Waals surface area contributed by atoms with Crippen LogP contribution in [0.5, 0.6) is 0 Å². The first-order valence-electron chi connectivity index (χ1n) is 8.55. The molecule has 3 aromatic rings. The molecular formula is C18H20N6O. The van der Waals surface area contributed by atoms with Gasteiger partial charge in [0.25, 0.3) is 5.91 Å². The summed E-state index contributed by atoms with van der Waals surface area (Å²) in [6.45, 7) is 2.76. The largest absolute Gasteiger partial charge is 0.342 e. The molecule has 0 aliphatic heterocycles. The van der Waals surface area contributed by atoms with Crippen molar-refractivity contribution in [1.82, 2.24) is 29.9 Å². The van der Waals surface area contributed by atoms with Crippen LogP contribution in [0.2, 0.25) is 0 Å². The number of hydrogen-bond donors (Lipinski definition) is 1. The maximum absolute atomic E-state index is 12.8. The lowest BCUT2D eigenvalue weighted by atomic mass is 10.1. The molecule has 4 rings (SSSR count). The molecule has 0 radical (unpaired) electrons. The molecule has 7 nitrogen and oxygen atoms in total. The van der Waals surface area contributed by atoms with Crippen LogP contribution in [0.4, 0.5) is 0 Å². The van der Waals surface area contributed by atoms with E-state index in [0.717, 1.165) is 30.9 Å². The summed E-state index contributed by atoms with van der Waals surface area (Å²) < 4.78 is 3.59. The van der Waals surface area contributed by atoms with Gasteiger partial charge in [0.2, 0.25) is 0 Å². The van der Waals surface area contributed by atoms with Crippen LogP contribution in [0.15, 0.2) is 49.1 Å². The van der Waals surface area contributed by atoms with Crippen molar-refractivity contribution < 1.29 is 4.79 Å². The minimum atomic E-state index is -0.100. The number of nitrogens with one attached hydrogen (secondary N) is 1. The summed E-state index contributed by atoms with van der Waals surface area (Å²) in [5.74, 6) is 1.17. The first-order valence-corrected chi connectivity index (χ1v) is 8.55. The van der Waals surface area contributed by atoms with Crippen molar-refractivity contribution in [3.8, 4) is 5.69 Å². The monoisotopic (exact) mass is 336 g/mol. The lowest BCUT2D eigenvalue weighted by molar-refractivity contribution is 0.0928. The lowest BCUT2D eigenvalue weighted by Gasteiger charge is -2.18. The highest BCUT2D eigenvalue weighted by Gasteiger charge is 2.36. The molecule has 1 saturated carbocycles. The molecule has 2 heterocycles. The third-order valence-electron chi connectivity index (χ3n) is 4.48. The van der Waals surface area contributed by atoms with Gasteiger partial charge in [-0.3, -0.25) is 4.79 Å². The van der Waals surface area contributed by atoms with Gasteiger partial charge in [0.1, 0.15) is 12.2 Å². The van der Waals surface area contributed by atoms with Crippen LogP contribution in [0.3, 0.4) is 0 Å². The van der Waals surface area contributed by atoms with Gasteiger partial charge in [-0.2, -0.15) is 10.2 Å². The van der Waals surface area contributed by atoms with E-state index in [1.54, 1.807) is 17.2 Å². The van der Waals surface area contributed by atoms with Gasteiger partial charge in [0.15, 0.2) is 0 Å². The molecule has 2 aromatic heterocycles. The SMILES string of the molecule is CCn1ncnc1C(NC(=O)c1cccc(-n2cccn2)c1)C1CC1. The Morgan fingerprint density at radius 3 is 2.92 bits per heavy atom. The number of benzene rings is 1. The lowest BCUT2D eigenvalue weighted by Crippen LogP contribution is -2.32. The highest BCUT2D eigenvalue weighted by Crippen LogP contribution is 2.40. The fraction of sp³-hybridized carbons (Fsp3) is 0.333. The van der Waals surface area contributed by atoms with Crippen LogP contribution < -0.4 is 5.32 Å². The second-order valence-corrected chi connectivity index (χ2v) is 6.22. The predicted octanol–water partition coefficient (Wildman–Crippen LogP) is 2.36. The minimum Gasteiger partial charge on any atom is -0.342 e. The summed E-state index contributed by atoms with van der Waals surface area (Å²) >= 11 is 0. The molecular weight excluding hydrogens is 316 g/mol. The molecule has 1 aliphatic rings. The van der Waals surface area contributed by atoms with Gasteiger partial charge in [0, 0.05) is 24.5 Å². The van der Waals surface area contributed by atoms with E-state index >= 15 is 0 Å². The molecule has 0 saturated heterocycles. The van der Waals surface area contributed by atoms with Gasteiger partial charge < -0.3 is 5.32 Å². The van der Waals surface area contributed by atoms with Gasteiger partial charge in [0.05, 0.1) is 11.7 Å². The molecule has 128 valence electrons. The third kappa shape index (κ3) is 3.17. The van der Waals surface area contributed by atoms with E-state index in [9.17, 15) is 4.79 Å². The zero-order valence-corrected chi connectivity index (χ0v) is 14.0. The molecule has 1 aromatic carbocycles. The van der Waals surface area contributed by atoms with Crippen molar-refractivity contribution in [1.29, 1.82) is 0 Å². The Morgan fingerprint density at radius 1 is 1.32 bits per heavy atom. The molecule has 0 spiro atoms. The molecule has 1 atom stereocenters. The smallest absolute Gasteiger partial charge is 0.251 e. The van der Waals surface area contributed by atoms with E-state index in [4.69, 9.17) is 0 Å². The molecule has 1 fully saturated rings. The molecule has 1 unspecified atom stereocenters. The molecule has 7 heteroatoms. The minimum absolute atomic E-state index is 0.0942. The Balaban J connectivity index is 1.57. The zero-order valence-electron chi connectivity index (χ0n) is 14.0. The Labute approximate surface area is 145 Å². The number of carbonyl (C=O) groups excluding carboxylic acids is 1. The van der Waals surface area contributed by atoms with Crippen molar-refractivity contribution in [2.24, 2.45) is 5.92 Å². The highest BCUT2D eigenvalue weighted by molar-refractivity contribution is 5.95. The van der Waals surface area contributed by atoms with Crippen LogP contribution in [0.25, 0.3) is 5.69 Å². The van der Waals surface area contributed by atoms with Gasteiger partial charge >= 0.3 is 0 Å². The van der Waals surface area contributed by atoms with Crippen molar-refractivity contribution in [3.05, 3.63) is 60.4 Å². The fourth-order valence-corrected chi connectivity index (χ4v) is 3.02. The maximum atomic E-state index is 12.8.